The molecule has 1 heterocycles. The average molecular weight is 246 g/mol. The van der Waals surface area contributed by atoms with E-state index in [9.17, 15) is 0 Å². The molecule has 3 aromatic carbocycles. The highest BCUT2D eigenvalue weighted by Crippen LogP contribution is 2.48. The molecule has 3 aromatic rings. The number of rotatable bonds is 0. The number of fused-ring (bicyclic) bond motifs is 7. The van der Waals surface area contributed by atoms with Gasteiger partial charge >= 0.3 is 0 Å². The third-order valence-corrected chi connectivity index (χ3v) is 4.64. The topological polar surface area (TPSA) is 12.5 Å². The molecule has 1 saturated heterocycles. The van der Waals surface area contributed by atoms with Crippen molar-refractivity contribution in [2.75, 3.05) is 0 Å². The molecule has 92 valence electrons. The Morgan fingerprint density at radius 1 is 0.842 bits per heavy atom. The first-order valence-electron chi connectivity index (χ1n) is 7.00. The minimum atomic E-state index is 0.389. The fraction of sp³-hybridized carbons (Fsp3) is 0.222. The summed E-state index contributed by atoms with van der Waals surface area (Å²) in [6.45, 7) is 0. The van der Waals surface area contributed by atoms with E-state index in [1.807, 2.05) is 0 Å². The second-order valence-corrected chi connectivity index (χ2v) is 5.65. The van der Waals surface area contributed by atoms with E-state index < -0.39 is 0 Å². The van der Waals surface area contributed by atoms with Crippen molar-refractivity contribution in [2.45, 2.75) is 25.0 Å². The Bertz CT molecular complexity index is 818. The molecule has 1 heteroatoms. The molecule has 5 rings (SSSR count). The maximum Gasteiger partial charge on any atom is 0.109 e. The van der Waals surface area contributed by atoms with Gasteiger partial charge in [0.15, 0.2) is 0 Å². The summed E-state index contributed by atoms with van der Waals surface area (Å²) >= 11 is 0. The summed E-state index contributed by atoms with van der Waals surface area (Å²) in [5.74, 6) is 0. The summed E-state index contributed by atoms with van der Waals surface area (Å²) in [5.41, 5.74) is 2.95. The summed E-state index contributed by atoms with van der Waals surface area (Å²) < 4.78 is 5.74. The normalized spacial score (nSPS) is 24.2. The summed E-state index contributed by atoms with van der Waals surface area (Å²) in [7, 11) is 0. The Hall–Kier alpha value is -1.86. The van der Waals surface area contributed by atoms with Crippen LogP contribution in [0, 0.1) is 0 Å². The van der Waals surface area contributed by atoms with Crippen LogP contribution in [-0.2, 0) is 11.2 Å². The molecule has 0 radical (unpaired) electrons. The number of benzene rings is 3. The third kappa shape index (κ3) is 1.28. The van der Waals surface area contributed by atoms with Gasteiger partial charge in [0.1, 0.15) is 6.10 Å². The minimum Gasteiger partial charge on any atom is -0.364 e. The van der Waals surface area contributed by atoms with Crippen molar-refractivity contribution in [1.29, 1.82) is 0 Å². The van der Waals surface area contributed by atoms with E-state index >= 15 is 0 Å². The van der Waals surface area contributed by atoms with Crippen molar-refractivity contribution < 1.29 is 4.74 Å². The van der Waals surface area contributed by atoms with Gasteiger partial charge < -0.3 is 4.74 Å². The Balaban J connectivity index is 1.91. The summed E-state index contributed by atoms with van der Waals surface area (Å²) in [5, 5.41) is 5.49. The number of aryl methyl sites for hydroxylation is 1. The van der Waals surface area contributed by atoms with Crippen LogP contribution >= 0.6 is 0 Å². The molecule has 0 aromatic heterocycles. The second-order valence-electron chi connectivity index (χ2n) is 5.65. The molecule has 0 bridgehead atoms. The molecule has 0 spiro atoms. The smallest absolute Gasteiger partial charge is 0.109 e. The highest BCUT2D eigenvalue weighted by Gasteiger charge is 2.44. The van der Waals surface area contributed by atoms with E-state index in [-0.39, 0.29) is 0 Å². The lowest BCUT2D eigenvalue weighted by molar-refractivity contribution is 0.373. The van der Waals surface area contributed by atoms with E-state index in [2.05, 4.69) is 48.5 Å². The number of hydrogen-bond acceptors (Lipinski definition) is 1. The van der Waals surface area contributed by atoms with Crippen LogP contribution < -0.4 is 0 Å². The Kier molecular flexibility index (Phi) is 1.77. The molecule has 2 aliphatic rings. The monoisotopic (exact) mass is 246 g/mol. The predicted molar refractivity (Wildman–Crippen MR) is 77.4 cm³/mol. The second kappa shape index (κ2) is 3.37. The van der Waals surface area contributed by atoms with Crippen LogP contribution in [0.2, 0.25) is 0 Å². The van der Waals surface area contributed by atoms with Crippen molar-refractivity contribution in [3.05, 3.63) is 59.7 Å². The predicted octanol–water partition coefficient (Wildman–Crippen LogP) is 4.38. The lowest BCUT2D eigenvalue weighted by Gasteiger charge is -2.16. The highest BCUT2D eigenvalue weighted by atomic mass is 16.6. The van der Waals surface area contributed by atoms with Crippen LogP contribution in [0.5, 0.6) is 0 Å². The van der Waals surface area contributed by atoms with Crippen LogP contribution in [0.3, 0.4) is 0 Å². The molecular weight excluding hydrogens is 232 g/mol. The van der Waals surface area contributed by atoms with Crippen LogP contribution in [0.1, 0.15) is 23.7 Å². The van der Waals surface area contributed by atoms with E-state index in [1.54, 1.807) is 0 Å². The SMILES string of the molecule is c1ccc2c(c1)ccc1c3c(ccc12)C1OC1CC3. The standard InChI is InChI=1S/C18H14O/c1-2-4-12-11(3-1)5-6-14-13(12)7-8-16-15(14)9-10-17-18(16)19-17/h1-8,17-18H,9-10H2. The van der Waals surface area contributed by atoms with Gasteiger partial charge in [-0.1, -0.05) is 48.5 Å². The summed E-state index contributed by atoms with van der Waals surface area (Å²) in [6.07, 6.45) is 3.24. The quantitative estimate of drug-likeness (QED) is 0.423. The van der Waals surface area contributed by atoms with Gasteiger partial charge in [0.25, 0.3) is 0 Å². The Labute approximate surface area is 111 Å². The molecule has 1 fully saturated rings. The lowest BCUT2D eigenvalue weighted by atomic mass is 9.86. The molecule has 19 heavy (non-hydrogen) atoms. The molecule has 1 aliphatic carbocycles. The maximum atomic E-state index is 5.74. The van der Waals surface area contributed by atoms with Crippen molar-refractivity contribution in [2.24, 2.45) is 0 Å². The summed E-state index contributed by atoms with van der Waals surface area (Å²) in [4.78, 5) is 0. The zero-order chi connectivity index (χ0) is 12.4. The van der Waals surface area contributed by atoms with E-state index in [1.165, 1.54) is 39.1 Å². The van der Waals surface area contributed by atoms with Crippen LogP contribution in [0.15, 0.2) is 48.5 Å². The van der Waals surface area contributed by atoms with Gasteiger partial charge in [-0.3, -0.25) is 0 Å². The molecular formula is C18H14O. The molecule has 2 atom stereocenters. The molecule has 1 aliphatic heterocycles. The molecule has 0 saturated carbocycles. The third-order valence-electron chi connectivity index (χ3n) is 4.64. The molecule has 2 unspecified atom stereocenters. The first kappa shape index (κ1) is 9.99. The maximum absolute atomic E-state index is 5.74. The first-order valence-corrected chi connectivity index (χ1v) is 7.00. The molecule has 0 amide bonds. The Morgan fingerprint density at radius 3 is 2.74 bits per heavy atom. The number of hydrogen-bond donors (Lipinski definition) is 0. The van der Waals surface area contributed by atoms with Crippen molar-refractivity contribution in [3.63, 3.8) is 0 Å². The zero-order valence-corrected chi connectivity index (χ0v) is 10.6. The van der Waals surface area contributed by atoms with Crippen molar-refractivity contribution in [1.82, 2.24) is 0 Å². The summed E-state index contributed by atoms with van der Waals surface area (Å²) in [6, 6.07) is 17.7. The molecule has 0 N–H and O–H groups in total. The van der Waals surface area contributed by atoms with Crippen LogP contribution in [-0.4, -0.2) is 6.10 Å². The van der Waals surface area contributed by atoms with E-state index in [0.29, 0.717) is 12.2 Å². The largest absolute Gasteiger partial charge is 0.364 e. The first-order chi connectivity index (χ1) is 9.42. The fourth-order valence-electron chi connectivity index (χ4n) is 3.64. The van der Waals surface area contributed by atoms with Gasteiger partial charge in [-0.05, 0) is 45.5 Å². The van der Waals surface area contributed by atoms with Gasteiger partial charge in [-0.2, -0.15) is 0 Å². The number of epoxide rings is 1. The highest BCUT2D eigenvalue weighted by molar-refractivity contribution is 6.08. The van der Waals surface area contributed by atoms with E-state index in [4.69, 9.17) is 4.74 Å². The van der Waals surface area contributed by atoms with E-state index in [0.717, 1.165) is 6.42 Å². The Morgan fingerprint density at radius 2 is 1.74 bits per heavy atom. The lowest BCUT2D eigenvalue weighted by Crippen LogP contribution is -2.04. The van der Waals surface area contributed by atoms with Gasteiger partial charge in [-0.15, -0.1) is 0 Å². The zero-order valence-electron chi connectivity index (χ0n) is 10.6. The van der Waals surface area contributed by atoms with Gasteiger partial charge in [0.05, 0.1) is 6.10 Å². The van der Waals surface area contributed by atoms with Gasteiger partial charge in [0, 0.05) is 0 Å². The number of ether oxygens (including phenoxy) is 1. The van der Waals surface area contributed by atoms with Crippen molar-refractivity contribution >= 4 is 21.5 Å². The average Bonchev–Trinajstić information content (AvgIpc) is 3.26. The molecule has 1 nitrogen and oxygen atoms in total. The van der Waals surface area contributed by atoms with Crippen LogP contribution in [0.4, 0.5) is 0 Å². The van der Waals surface area contributed by atoms with Crippen LogP contribution in [0.25, 0.3) is 21.5 Å². The van der Waals surface area contributed by atoms with Gasteiger partial charge in [0.2, 0.25) is 0 Å². The van der Waals surface area contributed by atoms with Crippen molar-refractivity contribution in [3.8, 4) is 0 Å². The minimum absolute atomic E-state index is 0.389. The fourth-order valence-corrected chi connectivity index (χ4v) is 3.64. The van der Waals surface area contributed by atoms with Gasteiger partial charge in [-0.25, -0.2) is 0 Å².